The topological polar surface area (TPSA) is 35.2 Å². The van der Waals surface area contributed by atoms with Crippen LogP contribution in [0.25, 0.3) is 0 Å². The van der Waals surface area contributed by atoms with E-state index in [2.05, 4.69) is 0 Å². The van der Waals surface area contributed by atoms with Gasteiger partial charge in [0, 0.05) is 6.04 Å². The zero-order valence-corrected chi connectivity index (χ0v) is 7.79. The first kappa shape index (κ1) is 9.07. The molecule has 0 aromatic heterocycles. The summed E-state index contributed by atoms with van der Waals surface area (Å²) < 4.78 is 5.18. The molecular formula is C10H15NO. The largest absolute Gasteiger partial charge is 0.496 e. The van der Waals surface area contributed by atoms with Crippen LogP contribution in [0.3, 0.4) is 0 Å². The number of hydrogen-bond donors (Lipinski definition) is 1. The Balaban J connectivity index is 3.05. The van der Waals surface area contributed by atoms with Gasteiger partial charge in [-0.15, -0.1) is 0 Å². The molecule has 1 atom stereocenters. The lowest BCUT2D eigenvalue weighted by Crippen LogP contribution is -2.05. The maximum Gasteiger partial charge on any atom is 0.122 e. The van der Waals surface area contributed by atoms with Gasteiger partial charge in [-0.05, 0) is 31.0 Å². The lowest BCUT2D eigenvalue weighted by molar-refractivity contribution is 0.411. The molecule has 0 saturated carbocycles. The molecule has 1 aromatic carbocycles. The minimum atomic E-state index is 0.0690. The average molecular weight is 165 g/mol. The van der Waals surface area contributed by atoms with Gasteiger partial charge in [0.05, 0.1) is 7.11 Å². The van der Waals surface area contributed by atoms with Gasteiger partial charge in [0.15, 0.2) is 0 Å². The number of ether oxygens (including phenoxy) is 1. The van der Waals surface area contributed by atoms with E-state index >= 15 is 0 Å². The van der Waals surface area contributed by atoms with Gasteiger partial charge in [0.25, 0.3) is 0 Å². The molecule has 1 aromatic rings. The van der Waals surface area contributed by atoms with E-state index in [0.717, 1.165) is 16.9 Å². The van der Waals surface area contributed by atoms with E-state index < -0.39 is 0 Å². The van der Waals surface area contributed by atoms with Gasteiger partial charge in [-0.25, -0.2) is 0 Å². The molecule has 0 unspecified atom stereocenters. The van der Waals surface area contributed by atoms with Crippen molar-refractivity contribution < 1.29 is 4.74 Å². The molecule has 0 bridgehead atoms. The maximum absolute atomic E-state index is 5.73. The van der Waals surface area contributed by atoms with Crippen LogP contribution in [-0.4, -0.2) is 7.11 Å². The molecule has 0 aliphatic carbocycles. The van der Waals surface area contributed by atoms with Crippen LogP contribution in [0.5, 0.6) is 5.75 Å². The van der Waals surface area contributed by atoms with Crippen molar-refractivity contribution in [2.75, 3.05) is 7.11 Å². The van der Waals surface area contributed by atoms with Crippen LogP contribution in [0.1, 0.15) is 24.1 Å². The van der Waals surface area contributed by atoms with Crippen molar-refractivity contribution in [2.45, 2.75) is 19.9 Å². The zero-order chi connectivity index (χ0) is 9.14. The van der Waals surface area contributed by atoms with Crippen LogP contribution in [0, 0.1) is 6.92 Å². The molecule has 0 radical (unpaired) electrons. The molecule has 0 heterocycles. The van der Waals surface area contributed by atoms with Gasteiger partial charge in [-0.1, -0.05) is 12.1 Å². The van der Waals surface area contributed by atoms with E-state index in [0.29, 0.717) is 0 Å². The molecule has 1 rings (SSSR count). The Hall–Kier alpha value is -1.02. The standard InChI is InChI=1S/C10H15NO/c1-7-4-5-9(8(2)11)6-10(7)12-3/h4-6,8H,11H2,1-3H3/t8-/m0/s1. The first-order chi connectivity index (χ1) is 5.65. The second kappa shape index (κ2) is 3.59. The summed E-state index contributed by atoms with van der Waals surface area (Å²) in [6.07, 6.45) is 0. The number of nitrogens with two attached hydrogens (primary N) is 1. The van der Waals surface area contributed by atoms with Crippen molar-refractivity contribution in [2.24, 2.45) is 5.73 Å². The van der Waals surface area contributed by atoms with E-state index in [1.54, 1.807) is 7.11 Å². The SMILES string of the molecule is COc1cc([C@H](C)N)ccc1C. The summed E-state index contributed by atoms with van der Waals surface area (Å²) in [6, 6.07) is 6.11. The molecular weight excluding hydrogens is 150 g/mol. The predicted octanol–water partition coefficient (Wildman–Crippen LogP) is 2.02. The third kappa shape index (κ3) is 1.77. The quantitative estimate of drug-likeness (QED) is 0.727. The highest BCUT2D eigenvalue weighted by Crippen LogP contribution is 2.21. The molecule has 0 saturated heterocycles. The molecule has 2 heteroatoms. The fraction of sp³-hybridized carbons (Fsp3) is 0.400. The molecule has 0 amide bonds. The van der Waals surface area contributed by atoms with Crippen LogP contribution < -0.4 is 10.5 Å². The molecule has 0 spiro atoms. The van der Waals surface area contributed by atoms with Gasteiger partial charge < -0.3 is 10.5 Å². The van der Waals surface area contributed by atoms with Crippen LogP contribution in [0.4, 0.5) is 0 Å². The van der Waals surface area contributed by atoms with Gasteiger partial charge >= 0.3 is 0 Å². The molecule has 0 fully saturated rings. The Morgan fingerprint density at radius 3 is 2.58 bits per heavy atom. The highest BCUT2D eigenvalue weighted by Gasteiger charge is 2.02. The normalized spacial score (nSPS) is 12.7. The van der Waals surface area contributed by atoms with Gasteiger partial charge in [0.1, 0.15) is 5.75 Å². The van der Waals surface area contributed by atoms with Crippen LogP contribution in [0.2, 0.25) is 0 Å². The van der Waals surface area contributed by atoms with Crippen molar-refractivity contribution in [1.29, 1.82) is 0 Å². The first-order valence-electron chi connectivity index (χ1n) is 4.05. The van der Waals surface area contributed by atoms with Crippen LogP contribution in [0.15, 0.2) is 18.2 Å². The second-order valence-electron chi connectivity index (χ2n) is 3.02. The Kier molecular flexibility index (Phi) is 2.71. The molecule has 2 nitrogen and oxygen atoms in total. The summed E-state index contributed by atoms with van der Waals surface area (Å²) in [5.41, 5.74) is 7.98. The number of aryl methyl sites for hydroxylation is 1. The Morgan fingerprint density at radius 2 is 2.08 bits per heavy atom. The zero-order valence-electron chi connectivity index (χ0n) is 7.79. The van der Waals surface area contributed by atoms with E-state index in [-0.39, 0.29) is 6.04 Å². The maximum atomic E-state index is 5.73. The summed E-state index contributed by atoms with van der Waals surface area (Å²) >= 11 is 0. The minimum Gasteiger partial charge on any atom is -0.496 e. The first-order valence-corrected chi connectivity index (χ1v) is 4.05. The highest BCUT2D eigenvalue weighted by atomic mass is 16.5. The van der Waals surface area contributed by atoms with Gasteiger partial charge in [-0.3, -0.25) is 0 Å². The van der Waals surface area contributed by atoms with Crippen molar-refractivity contribution in [3.05, 3.63) is 29.3 Å². The van der Waals surface area contributed by atoms with E-state index in [1.807, 2.05) is 32.0 Å². The summed E-state index contributed by atoms with van der Waals surface area (Å²) in [7, 11) is 1.67. The third-order valence-corrected chi connectivity index (χ3v) is 1.96. The minimum absolute atomic E-state index is 0.0690. The van der Waals surface area contributed by atoms with Crippen molar-refractivity contribution in [3.8, 4) is 5.75 Å². The van der Waals surface area contributed by atoms with Gasteiger partial charge in [-0.2, -0.15) is 0 Å². The van der Waals surface area contributed by atoms with Crippen LogP contribution >= 0.6 is 0 Å². The monoisotopic (exact) mass is 165 g/mol. The van der Waals surface area contributed by atoms with Gasteiger partial charge in [0.2, 0.25) is 0 Å². The third-order valence-electron chi connectivity index (χ3n) is 1.96. The van der Waals surface area contributed by atoms with E-state index in [1.165, 1.54) is 0 Å². The summed E-state index contributed by atoms with van der Waals surface area (Å²) in [5, 5.41) is 0. The Morgan fingerprint density at radius 1 is 1.42 bits per heavy atom. The number of rotatable bonds is 2. The van der Waals surface area contributed by atoms with Crippen molar-refractivity contribution in [1.82, 2.24) is 0 Å². The smallest absolute Gasteiger partial charge is 0.122 e. The predicted molar refractivity (Wildman–Crippen MR) is 50.3 cm³/mol. The van der Waals surface area contributed by atoms with E-state index in [4.69, 9.17) is 10.5 Å². The Labute approximate surface area is 73.3 Å². The molecule has 12 heavy (non-hydrogen) atoms. The lowest BCUT2D eigenvalue weighted by atomic mass is 10.1. The fourth-order valence-electron chi connectivity index (χ4n) is 1.12. The average Bonchev–Trinajstić information content (AvgIpc) is 2.05. The molecule has 66 valence electrons. The number of methoxy groups -OCH3 is 1. The number of hydrogen-bond acceptors (Lipinski definition) is 2. The number of benzene rings is 1. The lowest BCUT2D eigenvalue weighted by Gasteiger charge is -2.09. The van der Waals surface area contributed by atoms with Crippen LogP contribution in [-0.2, 0) is 0 Å². The Bertz CT molecular complexity index is 269. The summed E-state index contributed by atoms with van der Waals surface area (Å²) in [6.45, 7) is 3.98. The second-order valence-corrected chi connectivity index (χ2v) is 3.02. The molecule has 2 N–H and O–H groups in total. The highest BCUT2D eigenvalue weighted by molar-refractivity contribution is 5.37. The summed E-state index contributed by atoms with van der Waals surface area (Å²) in [4.78, 5) is 0. The molecule has 0 aliphatic heterocycles. The summed E-state index contributed by atoms with van der Waals surface area (Å²) in [5.74, 6) is 0.907. The van der Waals surface area contributed by atoms with Crippen molar-refractivity contribution in [3.63, 3.8) is 0 Å². The van der Waals surface area contributed by atoms with E-state index in [9.17, 15) is 0 Å². The molecule has 0 aliphatic rings. The van der Waals surface area contributed by atoms with Crippen molar-refractivity contribution >= 4 is 0 Å². The fourth-order valence-corrected chi connectivity index (χ4v) is 1.12.